The lowest BCUT2D eigenvalue weighted by molar-refractivity contribution is -0.132. The molecule has 4 heteroatoms. The summed E-state index contributed by atoms with van der Waals surface area (Å²) in [7, 11) is 0. The summed E-state index contributed by atoms with van der Waals surface area (Å²) in [5, 5.41) is 21.1. The van der Waals surface area contributed by atoms with E-state index in [4.69, 9.17) is 5.11 Å². The number of carboxylic acids is 1. The molecule has 0 aliphatic carbocycles. The van der Waals surface area contributed by atoms with Gasteiger partial charge < -0.3 is 15.5 Å². The van der Waals surface area contributed by atoms with E-state index in [2.05, 4.69) is 5.32 Å². The van der Waals surface area contributed by atoms with Gasteiger partial charge in [0, 0.05) is 17.7 Å². The molecule has 4 nitrogen and oxygen atoms in total. The number of aliphatic carboxylic acids is 1. The predicted octanol–water partition coefficient (Wildman–Crippen LogP) is 1.16. The fourth-order valence-corrected chi connectivity index (χ4v) is 1.29. The largest absolute Gasteiger partial charge is 0.478 e. The first-order valence-corrected chi connectivity index (χ1v) is 5.27. The van der Waals surface area contributed by atoms with Crippen LogP contribution in [0.2, 0.25) is 0 Å². The maximum atomic E-state index is 10.5. The molecule has 0 aliphatic heterocycles. The summed E-state index contributed by atoms with van der Waals surface area (Å²) in [6.07, 6.45) is 3.26. The highest BCUT2D eigenvalue weighted by atomic mass is 16.4. The molecule has 0 aromatic rings. The van der Waals surface area contributed by atoms with Crippen molar-refractivity contribution >= 4 is 5.97 Å². The third kappa shape index (κ3) is 4.44. The minimum absolute atomic E-state index is 0.0694. The first-order valence-electron chi connectivity index (χ1n) is 5.27. The second kappa shape index (κ2) is 6.58. The monoisotopic (exact) mass is 215 g/mol. The highest BCUT2D eigenvalue weighted by Crippen LogP contribution is 2.13. The summed E-state index contributed by atoms with van der Waals surface area (Å²) in [5.74, 6) is -0.903. The molecule has 3 N–H and O–H groups in total. The molecule has 0 radical (unpaired) electrons. The Morgan fingerprint density at radius 2 is 1.93 bits per heavy atom. The molecule has 0 aromatic heterocycles. The predicted molar refractivity (Wildman–Crippen MR) is 59.8 cm³/mol. The number of aliphatic hydroxyl groups excluding tert-OH is 1. The zero-order valence-electron chi connectivity index (χ0n) is 9.71. The molecule has 0 aliphatic rings. The molecule has 0 heterocycles. The van der Waals surface area contributed by atoms with Gasteiger partial charge in [-0.15, -0.1) is 0 Å². The average Bonchev–Trinajstić information content (AvgIpc) is 2.24. The molecule has 0 rings (SSSR count). The van der Waals surface area contributed by atoms with Crippen LogP contribution in [-0.2, 0) is 4.79 Å². The molecule has 0 bridgehead atoms. The van der Waals surface area contributed by atoms with Crippen LogP contribution in [0.1, 0.15) is 33.6 Å². The first-order chi connectivity index (χ1) is 7.01. The molecular weight excluding hydrogens is 194 g/mol. The lowest BCUT2D eigenvalue weighted by atomic mass is 9.94. The van der Waals surface area contributed by atoms with Crippen LogP contribution in [0.4, 0.5) is 0 Å². The van der Waals surface area contributed by atoms with Crippen molar-refractivity contribution in [2.45, 2.75) is 39.2 Å². The van der Waals surface area contributed by atoms with E-state index in [1.165, 1.54) is 0 Å². The van der Waals surface area contributed by atoms with Crippen LogP contribution in [0.3, 0.4) is 0 Å². The van der Waals surface area contributed by atoms with Gasteiger partial charge in [0.05, 0.1) is 6.61 Å². The highest BCUT2D eigenvalue weighted by Gasteiger charge is 2.23. The van der Waals surface area contributed by atoms with Crippen LogP contribution in [0.5, 0.6) is 0 Å². The SMILES string of the molecule is CCC(CC)(CO)NC/C=C(/C)C(=O)O. The van der Waals surface area contributed by atoms with Crippen molar-refractivity contribution in [3.05, 3.63) is 11.6 Å². The van der Waals surface area contributed by atoms with Crippen LogP contribution in [-0.4, -0.2) is 34.9 Å². The van der Waals surface area contributed by atoms with E-state index in [-0.39, 0.29) is 12.1 Å². The van der Waals surface area contributed by atoms with E-state index in [0.717, 1.165) is 12.8 Å². The average molecular weight is 215 g/mol. The number of hydrogen-bond acceptors (Lipinski definition) is 3. The lowest BCUT2D eigenvalue weighted by Gasteiger charge is -2.30. The molecule has 88 valence electrons. The number of rotatable bonds is 7. The summed E-state index contributed by atoms with van der Waals surface area (Å²) < 4.78 is 0. The first kappa shape index (κ1) is 14.1. The Morgan fingerprint density at radius 1 is 1.40 bits per heavy atom. The standard InChI is InChI=1S/C11H21NO3/c1-4-11(5-2,8-13)12-7-6-9(3)10(14)15/h6,12-13H,4-5,7-8H2,1-3H3,(H,14,15)/b9-6-. The van der Waals surface area contributed by atoms with Crippen molar-refractivity contribution in [3.8, 4) is 0 Å². The molecule has 0 aromatic carbocycles. The van der Waals surface area contributed by atoms with E-state index in [1.54, 1.807) is 13.0 Å². The zero-order chi connectivity index (χ0) is 11.9. The lowest BCUT2D eigenvalue weighted by Crippen LogP contribution is -2.47. The zero-order valence-corrected chi connectivity index (χ0v) is 9.71. The van der Waals surface area contributed by atoms with E-state index in [0.29, 0.717) is 12.1 Å². The van der Waals surface area contributed by atoms with Gasteiger partial charge in [-0.3, -0.25) is 0 Å². The van der Waals surface area contributed by atoms with Crippen LogP contribution in [0, 0.1) is 0 Å². The van der Waals surface area contributed by atoms with Crippen molar-refractivity contribution in [2.75, 3.05) is 13.2 Å². The summed E-state index contributed by atoms with van der Waals surface area (Å²) in [6.45, 7) is 6.10. The minimum atomic E-state index is -0.903. The highest BCUT2D eigenvalue weighted by molar-refractivity contribution is 5.85. The van der Waals surface area contributed by atoms with Crippen LogP contribution in [0.25, 0.3) is 0 Å². The quantitative estimate of drug-likeness (QED) is 0.557. The van der Waals surface area contributed by atoms with Crippen LogP contribution >= 0.6 is 0 Å². The maximum absolute atomic E-state index is 10.5. The molecule has 0 saturated carbocycles. The molecule has 0 saturated heterocycles. The second-order valence-corrected chi connectivity index (χ2v) is 3.72. The molecular formula is C11H21NO3. The van der Waals surface area contributed by atoms with Gasteiger partial charge in [-0.05, 0) is 19.8 Å². The Morgan fingerprint density at radius 3 is 2.27 bits per heavy atom. The Bertz CT molecular complexity index is 224. The van der Waals surface area contributed by atoms with Gasteiger partial charge in [0.15, 0.2) is 0 Å². The van der Waals surface area contributed by atoms with Gasteiger partial charge in [0.1, 0.15) is 0 Å². The third-order valence-corrected chi connectivity index (χ3v) is 2.88. The summed E-state index contributed by atoms with van der Waals surface area (Å²) >= 11 is 0. The van der Waals surface area contributed by atoms with E-state index < -0.39 is 5.97 Å². The van der Waals surface area contributed by atoms with Gasteiger partial charge in [0.25, 0.3) is 0 Å². The topological polar surface area (TPSA) is 69.6 Å². The Hall–Kier alpha value is -0.870. The molecule has 0 amide bonds. The third-order valence-electron chi connectivity index (χ3n) is 2.88. The van der Waals surface area contributed by atoms with E-state index in [1.807, 2.05) is 13.8 Å². The summed E-state index contributed by atoms with van der Waals surface area (Å²) in [5.41, 5.74) is 0.0384. The summed E-state index contributed by atoms with van der Waals surface area (Å²) in [4.78, 5) is 10.5. The number of carbonyl (C=O) groups is 1. The van der Waals surface area contributed by atoms with Crippen molar-refractivity contribution in [1.29, 1.82) is 0 Å². The van der Waals surface area contributed by atoms with E-state index >= 15 is 0 Å². The Labute approximate surface area is 91.0 Å². The van der Waals surface area contributed by atoms with Crippen molar-refractivity contribution < 1.29 is 15.0 Å². The van der Waals surface area contributed by atoms with Crippen LogP contribution < -0.4 is 5.32 Å². The summed E-state index contributed by atoms with van der Waals surface area (Å²) in [6, 6.07) is 0. The van der Waals surface area contributed by atoms with Crippen LogP contribution in [0.15, 0.2) is 11.6 Å². The maximum Gasteiger partial charge on any atom is 0.330 e. The number of carboxylic acid groups (broad SMARTS) is 1. The second-order valence-electron chi connectivity index (χ2n) is 3.72. The van der Waals surface area contributed by atoms with Gasteiger partial charge >= 0.3 is 5.97 Å². The van der Waals surface area contributed by atoms with Gasteiger partial charge in [-0.1, -0.05) is 19.9 Å². The number of nitrogens with one attached hydrogen (secondary N) is 1. The van der Waals surface area contributed by atoms with E-state index in [9.17, 15) is 9.90 Å². The van der Waals surface area contributed by atoms with Gasteiger partial charge in [0.2, 0.25) is 0 Å². The molecule has 15 heavy (non-hydrogen) atoms. The molecule has 0 spiro atoms. The van der Waals surface area contributed by atoms with Gasteiger partial charge in [-0.2, -0.15) is 0 Å². The Balaban J connectivity index is 4.23. The smallest absolute Gasteiger partial charge is 0.330 e. The number of aliphatic hydroxyl groups is 1. The molecule has 0 fully saturated rings. The minimum Gasteiger partial charge on any atom is -0.478 e. The van der Waals surface area contributed by atoms with Crippen molar-refractivity contribution in [1.82, 2.24) is 5.32 Å². The van der Waals surface area contributed by atoms with Gasteiger partial charge in [-0.25, -0.2) is 4.79 Å². The molecule has 0 atom stereocenters. The fraction of sp³-hybridized carbons (Fsp3) is 0.727. The Kier molecular flexibility index (Phi) is 6.20. The normalized spacial score (nSPS) is 12.9. The molecule has 0 unspecified atom stereocenters. The fourth-order valence-electron chi connectivity index (χ4n) is 1.29. The number of hydrogen-bond donors (Lipinski definition) is 3. The van der Waals surface area contributed by atoms with Crippen molar-refractivity contribution in [3.63, 3.8) is 0 Å². The van der Waals surface area contributed by atoms with Crippen molar-refractivity contribution in [2.24, 2.45) is 0 Å².